The van der Waals surface area contributed by atoms with E-state index in [1.165, 1.54) is 0 Å². The second-order valence-corrected chi connectivity index (χ2v) is 5.20. The van der Waals surface area contributed by atoms with Gasteiger partial charge in [0.25, 0.3) is 0 Å². The van der Waals surface area contributed by atoms with Crippen molar-refractivity contribution in [3.8, 4) is 0 Å². The Morgan fingerprint density at radius 2 is 2.05 bits per heavy atom. The van der Waals surface area contributed by atoms with Crippen molar-refractivity contribution in [2.45, 2.75) is 13.3 Å². The van der Waals surface area contributed by atoms with Crippen LogP contribution in [0.2, 0.25) is 0 Å². The lowest BCUT2D eigenvalue weighted by atomic mass is 9.83. The number of esters is 1. The molecule has 3 rings (SSSR count). The number of ether oxygens (including phenoxy) is 1. The van der Waals surface area contributed by atoms with Crippen LogP contribution in [0.3, 0.4) is 0 Å². The minimum atomic E-state index is -0.381. The Morgan fingerprint density at radius 3 is 2.75 bits per heavy atom. The lowest BCUT2D eigenvalue weighted by Crippen LogP contribution is -2.12. The Balaban J connectivity index is 1.91. The average Bonchev–Trinajstić information content (AvgIpc) is 2.81. The van der Waals surface area contributed by atoms with E-state index in [9.17, 15) is 4.79 Å². The molecule has 1 heterocycles. The molecule has 3 nitrogen and oxygen atoms in total. The normalized spacial score (nSPS) is 26.8. The molecule has 0 saturated carbocycles. The van der Waals surface area contributed by atoms with Crippen LogP contribution >= 0.6 is 0 Å². The lowest BCUT2D eigenvalue weighted by molar-refractivity contribution is -0.130. The molecule has 1 aliphatic carbocycles. The number of hydrogen-bond acceptors (Lipinski definition) is 3. The number of carbonyl (C=O) groups excluding carboxylic acids is 1. The van der Waals surface area contributed by atoms with Gasteiger partial charge in [-0.2, -0.15) is 0 Å². The van der Waals surface area contributed by atoms with Crippen molar-refractivity contribution in [1.29, 1.82) is 0 Å². The van der Waals surface area contributed by atoms with Gasteiger partial charge >= 0.3 is 5.97 Å². The summed E-state index contributed by atoms with van der Waals surface area (Å²) in [5.41, 5.74) is 1.01. The van der Waals surface area contributed by atoms with Crippen molar-refractivity contribution in [2.24, 2.45) is 10.4 Å². The molecule has 0 bridgehead atoms. The van der Waals surface area contributed by atoms with Crippen molar-refractivity contribution in [2.75, 3.05) is 0 Å². The summed E-state index contributed by atoms with van der Waals surface area (Å²) < 4.78 is 5.25. The van der Waals surface area contributed by atoms with Gasteiger partial charge in [0.05, 0.1) is 0 Å². The fraction of sp³-hybridized carbons (Fsp3) is 0.176. The van der Waals surface area contributed by atoms with Gasteiger partial charge in [-0.15, -0.1) is 0 Å². The quantitative estimate of drug-likeness (QED) is 0.607. The predicted octanol–water partition coefficient (Wildman–Crippen LogP) is 3.40. The zero-order valence-electron chi connectivity index (χ0n) is 11.2. The third kappa shape index (κ3) is 2.48. The zero-order chi connectivity index (χ0) is 14.0. The summed E-state index contributed by atoms with van der Waals surface area (Å²) in [6.45, 7) is 2.07. The maximum absolute atomic E-state index is 11.9. The van der Waals surface area contributed by atoms with E-state index in [0.717, 1.165) is 12.0 Å². The van der Waals surface area contributed by atoms with E-state index >= 15 is 0 Å². The minimum absolute atomic E-state index is 0.182. The van der Waals surface area contributed by atoms with E-state index in [4.69, 9.17) is 4.74 Å². The van der Waals surface area contributed by atoms with Crippen molar-refractivity contribution < 1.29 is 9.53 Å². The number of cyclic esters (lactones) is 1. The molecule has 1 aromatic rings. The summed E-state index contributed by atoms with van der Waals surface area (Å²) >= 11 is 0. The van der Waals surface area contributed by atoms with E-state index < -0.39 is 0 Å². The van der Waals surface area contributed by atoms with E-state index in [1.54, 1.807) is 0 Å². The van der Waals surface area contributed by atoms with Crippen LogP contribution in [0.15, 0.2) is 71.4 Å². The van der Waals surface area contributed by atoms with Gasteiger partial charge in [-0.3, -0.25) is 0 Å². The van der Waals surface area contributed by atoms with E-state index in [2.05, 4.69) is 24.1 Å². The van der Waals surface area contributed by atoms with Gasteiger partial charge in [0.2, 0.25) is 5.90 Å². The zero-order valence-corrected chi connectivity index (χ0v) is 11.2. The summed E-state index contributed by atoms with van der Waals surface area (Å²) in [5, 5.41) is 0. The van der Waals surface area contributed by atoms with Crippen LogP contribution in [0.4, 0.5) is 0 Å². The highest BCUT2D eigenvalue weighted by molar-refractivity contribution is 6.11. The molecule has 0 spiro atoms. The van der Waals surface area contributed by atoms with Crippen LogP contribution in [0.1, 0.15) is 18.9 Å². The second-order valence-electron chi connectivity index (χ2n) is 5.20. The molecular formula is C17H15NO2. The molecule has 0 aromatic heterocycles. The number of carbonyl (C=O) groups is 1. The summed E-state index contributed by atoms with van der Waals surface area (Å²) in [5.74, 6) is -0.00573. The molecule has 0 saturated heterocycles. The molecule has 1 atom stereocenters. The number of rotatable bonds is 2. The molecule has 100 valence electrons. The maximum atomic E-state index is 11.9. The number of nitrogens with zero attached hydrogens (tertiary/aromatic N) is 1. The molecule has 0 fully saturated rings. The fourth-order valence-corrected chi connectivity index (χ4v) is 2.28. The standard InChI is InChI=1S/C17H15NO2/c1-17(10-6-3-7-11-17)12-14-16(19)20-15(18-14)13-8-4-2-5-9-13/h2-10,12H,11H2,1H3/b14-12+. The SMILES string of the molecule is CC1(/C=C2/N=C(c3ccccc3)OC2=O)C=CC=CC1. The molecule has 1 unspecified atom stereocenters. The monoisotopic (exact) mass is 265 g/mol. The highest BCUT2D eigenvalue weighted by Crippen LogP contribution is 2.31. The third-order valence-electron chi connectivity index (χ3n) is 3.39. The van der Waals surface area contributed by atoms with Crippen LogP contribution in [0.5, 0.6) is 0 Å². The Hall–Kier alpha value is -2.42. The van der Waals surface area contributed by atoms with E-state index in [-0.39, 0.29) is 11.4 Å². The molecule has 0 amide bonds. The molecule has 1 aromatic carbocycles. The highest BCUT2D eigenvalue weighted by Gasteiger charge is 2.28. The smallest absolute Gasteiger partial charge is 0.363 e. The molecular weight excluding hydrogens is 250 g/mol. The molecule has 1 aliphatic heterocycles. The number of allylic oxidation sites excluding steroid dienone is 5. The van der Waals surface area contributed by atoms with Crippen LogP contribution in [0.25, 0.3) is 0 Å². The van der Waals surface area contributed by atoms with Gasteiger partial charge < -0.3 is 4.74 Å². The average molecular weight is 265 g/mol. The topological polar surface area (TPSA) is 38.7 Å². The van der Waals surface area contributed by atoms with E-state index in [1.807, 2.05) is 48.6 Å². The lowest BCUT2D eigenvalue weighted by Gasteiger charge is -2.21. The molecule has 0 radical (unpaired) electrons. The summed E-state index contributed by atoms with van der Waals surface area (Å²) in [6, 6.07) is 9.45. The highest BCUT2D eigenvalue weighted by atomic mass is 16.6. The van der Waals surface area contributed by atoms with E-state index in [0.29, 0.717) is 11.6 Å². The Bertz CT molecular complexity index is 653. The van der Waals surface area contributed by atoms with Crippen LogP contribution in [-0.2, 0) is 9.53 Å². The third-order valence-corrected chi connectivity index (χ3v) is 3.39. The molecule has 0 N–H and O–H groups in total. The van der Waals surface area contributed by atoms with Crippen LogP contribution in [0, 0.1) is 5.41 Å². The largest absolute Gasteiger partial charge is 0.402 e. The second kappa shape index (κ2) is 4.93. The van der Waals surface area contributed by atoms with Crippen LogP contribution < -0.4 is 0 Å². The summed E-state index contributed by atoms with van der Waals surface area (Å²) in [7, 11) is 0. The molecule has 3 heteroatoms. The minimum Gasteiger partial charge on any atom is -0.402 e. The fourth-order valence-electron chi connectivity index (χ4n) is 2.28. The van der Waals surface area contributed by atoms with Gasteiger partial charge in [0.15, 0.2) is 0 Å². The summed E-state index contributed by atoms with van der Waals surface area (Å²) in [4.78, 5) is 16.3. The summed E-state index contributed by atoms with van der Waals surface area (Å²) in [6.07, 6.45) is 10.9. The van der Waals surface area contributed by atoms with Gasteiger partial charge in [0, 0.05) is 11.0 Å². The van der Waals surface area contributed by atoms with Gasteiger partial charge in [-0.1, -0.05) is 49.4 Å². The number of benzene rings is 1. The maximum Gasteiger partial charge on any atom is 0.363 e. The van der Waals surface area contributed by atoms with Gasteiger partial charge in [0.1, 0.15) is 5.70 Å². The van der Waals surface area contributed by atoms with Crippen molar-refractivity contribution in [1.82, 2.24) is 0 Å². The van der Waals surface area contributed by atoms with Gasteiger partial charge in [-0.05, 0) is 24.6 Å². The number of aliphatic imine (C=N–C) groups is 1. The molecule has 20 heavy (non-hydrogen) atoms. The Kier molecular flexibility index (Phi) is 3.11. The first-order valence-electron chi connectivity index (χ1n) is 6.60. The Morgan fingerprint density at radius 1 is 1.25 bits per heavy atom. The van der Waals surface area contributed by atoms with Crippen molar-refractivity contribution in [3.05, 3.63) is 72.0 Å². The van der Waals surface area contributed by atoms with Crippen molar-refractivity contribution >= 4 is 11.9 Å². The van der Waals surface area contributed by atoms with Crippen molar-refractivity contribution in [3.63, 3.8) is 0 Å². The first-order valence-corrected chi connectivity index (χ1v) is 6.60. The molecule has 2 aliphatic rings. The first-order chi connectivity index (χ1) is 9.66. The number of hydrogen-bond donors (Lipinski definition) is 0. The van der Waals surface area contributed by atoms with Crippen LogP contribution in [-0.4, -0.2) is 11.9 Å². The Labute approximate surface area is 118 Å². The van der Waals surface area contributed by atoms with Gasteiger partial charge in [-0.25, -0.2) is 9.79 Å². The predicted molar refractivity (Wildman–Crippen MR) is 78.2 cm³/mol. The first kappa shape index (κ1) is 12.6.